The van der Waals surface area contributed by atoms with Crippen molar-refractivity contribution >= 4 is 17.3 Å². The lowest BCUT2D eigenvalue weighted by Crippen LogP contribution is -2.19. The molecule has 0 saturated carbocycles. The summed E-state index contributed by atoms with van der Waals surface area (Å²) in [5.74, 6) is 1.38. The molecule has 0 unspecified atom stereocenters. The highest BCUT2D eigenvalue weighted by Crippen LogP contribution is 2.36. The molecule has 0 atom stereocenters. The fourth-order valence-corrected chi connectivity index (χ4v) is 2.55. The summed E-state index contributed by atoms with van der Waals surface area (Å²) in [5, 5.41) is 2.86. The number of aryl methyl sites for hydroxylation is 3. The fraction of sp³-hybridized carbons (Fsp3) is 0.235. The molecule has 0 fully saturated rings. The SMILES string of the molecule is Cc1ccc(Oc2cc3c(cc2N)CCC(=O)N3)c(C)c1. The molecule has 1 aliphatic rings. The van der Waals surface area contributed by atoms with Gasteiger partial charge in [0.15, 0.2) is 5.75 Å². The third-order valence-electron chi connectivity index (χ3n) is 3.68. The van der Waals surface area contributed by atoms with Crippen molar-refractivity contribution in [2.45, 2.75) is 26.7 Å². The van der Waals surface area contributed by atoms with Gasteiger partial charge < -0.3 is 15.8 Å². The third-order valence-corrected chi connectivity index (χ3v) is 3.68. The summed E-state index contributed by atoms with van der Waals surface area (Å²) < 4.78 is 5.92. The van der Waals surface area contributed by atoms with Gasteiger partial charge in [0, 0.05) is 18.2 Å². The molecule has 4 nitrogen and oxygen atoms in total. The minimum atomic E-state index is 0.0322. The molecule has 0 radical (unpaired) electrons. The van der Waals surface area contributed by atoms with Gasteiger partial charge in [-0.2, -0.15) is 0 Å². The number of ether oxygens (including phenoxy) is 1. The van der Waals surface area contributed by atoms with Gasteiger partial charge in [-0.25, -0.2) is 0 Å². The van der Waals surface area contributed by atoms with E-state index in [0.29, 0.717) is 17.9 Å². The summed E-state index contributed by atoms with van der Waals surface area (Å²) in [5.41, 5.74) is 10.7. The second kappa shape index (κ2) is 5.13. The number of carbonyl (C=O) groups excluding carboxylic acids is 1. The van der Waals surface area contributed by atoms with E-state index in [2.05, 4.69) is 11.4 Å². The Morgan fingerprint density at radius 1 is 1.10 bits per heavy atom. The van der Waals surface area contributed by atoms with E-state index in [1.54, 1.807) is 6.07 Å². The normalized spacial score (nSPS) is 13.5. The van der Waals surface area contributed by atoms with Crippen LogP contribution in [0.25, 0.3) is 0 Å². The lowest BCUT2D eigenvalue weighted by molar-refractivity contribution is -0.116. The van der Waals surface area contributed by atoms with Crippen molar-refractivity contribution in [2.75, 3.05) is 11.1 Å². The predicted molar refractivity (Wildman–Crippen MR) is 83.8 cm³/mol. The second-order valence-corrected chi connectivity index (χ2v) is 5.47. The van der Waals surface area contributed by atoms with E-state index in [4.69, 9.17) is 10.5 Å². The summed E-state index contributed by atoms with van der Waals surface area (Å²) in [7, 11) is 0. The van der Waals surface area contributed by atoms with Crippen LogP contribution < -0.4 is 15.8 Å². The summed E-state index contributed by atoms with van der Waals surface area (Å²) in [4.78, 5) is 11.5. The highest BCUT2D eigenvalue weighted by molar-refractivity contribution is 5.94. The molecule has 3 rings (SSSR count). The summed E-state index contributed by atoms with van der Waals surface area (Å²) in [6.07, 6.45) is 1.22. The Hall–Kier alpha value is -2.49. The topological polar surface area (TPSA) is 64.3 Å². The number of nitrogen functional groups attached to an aromatic ring is 1. The molecule has 21 heavy (non-hydrogen) atoms. The first-order chi connectivity index (χ1) is 10.0. The van der Waals surface area contributed by atoms with Crippen LogP contribution in [0.4, 0.5) is 11.4 Å². The van der Waals surface area contributed by atoms with E-state index in [1.165, 1.54) is 5.56 Å². The maximum Gasteiger partial charge on any atom is 0.224 e. The Morgan fingerprint density at radius 3 is 2.67 bits per heavy atom. The van der Waals surface area contributed by atoms with Crippen molar-refractivity contribution in [1.29, 1.82) is 0 Å². The first-order valence-corrected chi connectivity index (χ1v) is 7.00. The number of hydrogen-bond acceptors (Lipinski definition) is 3. The highest BCUT2D eigenvalue weighted by atomic mass is 16.5. The van der Waals surface area contributed by atoms with E-state index in [0.717, 1.165) is 29.0 Å². The lowest BCUT2D eigenvalue weighted by Gasteiger charge is -2.19. The van der Waals surface area contributed by atoms with E-state index < -0.39 is 0 Å². The number of nitrogens with one attached hydrogen (secondary N) is 1. The molecule has 1 amide bonds. The minimum absolute atomic E-state index is 0.0322. The molecular formula is C17H18N2O2. The molecule has 0 aliphatic carbocycles. The number of amides is 1. The number of anilines is 2. The van der Waals surface area contributed by atoms with Crippen LogP contribution >= 0.6 is 0 Å². The first kappa shape index (κ1) is 13.5. The van der Waals surface area contributed by atoms with Crippen molar-refractivity contribution in [2.24, 2.45) is 0 Å². The van der Waals surface area contributed by atoms with Crippen molar-refractivity contribution in [1.82, 2.24) is 0 Å². The standard InChI is InChI=1S/C17H18N2O2/c1-10-3-5-15(11(2)7-10)21-16-9-14-12(8-13(16)18)4-6-17(20)19-14/h3,5,7-9H,4,6,18H2,1-2H3,(H,19,20). The third kappa shape index (κ3) is 2.70. The van der Waals surface area contributed by atoms with Crippen molar-refractivity contribution in [3.05, 3.63) is 47.0 Å². The molecule has 0 aromatic heterocycles. The Morgan fingerprint density at radius 2 is 1.90 bits per heavy atom. The minimum Gasteiger partial charge on any atom is -0.455 e. The Kier molecular flexibility index (Phi) is 3.29. The number of carbonyl (C=O) groups is 1. The van der Waals surface area contributed by atoms with E-state index in [9.17, 15) is 4.79 Å². The van der Waals surface area contributed by atoms with Crippen LogP contribution in [0.3, 0.4) is 0 Å². The van der Waals surface area contributed by atoms with Crippen molar-refractivity contribution in [3.8, 4) is 11.5 Å². The highest BCUT2D eigenvalue weighted by Gasteiger charge is 2.17. The van der Waals surface area contributed by atoms with Crippen LogP contribution in [-0.4, -0.2) is 5.91 Å². The molecule has 4 heteroatoms. The van der Waals surface area contributed by atoms with Gasteiger partial charge in [0.1, 0.15) is 5.75 Å². The van der Waals surface area contributed by atoms with Gasteiger partial charge >= 0.3 is 0 Å². The molecule has 3 N–H and O–H groups in total. The zero-order valence-electron chi connectivity index (χ0n) is 12.2. The van der Waals surface area contributed by atoms with Crippen LogP contribution in [0, 0.1) is 13.8 Å². The molecule has 108 valence electrons. The number of nitrogens with two attached hydrogens (primary N) is 1. The molecule has 0 bridgehead atoms. The van der Waals surface area contributed by atoms with Gasteiger partial charge in [-0.15, -0.1) is 0 Å². The van der Waals surface area contributed by atoms with Gasteiger partial charge in [0.25, 0.3) is 0 Å². The summed E-state index contributed by atoms with van der Waals surface area (Å²) in [6, 6.07) is 9.68. The molecule has 2 aromatic carbocycles. The van der Waals surface area contributed by atoms with Crippen LogP contribution in [0.1, 0.15) is 23.1 Å². The van der Waals surface area contributed by atoms with Gasteiger partial charge in [-0.1, -0.05) is 17.7 Å². The van der Waals surface area contributed by atoms with E-state index in [1.807, 2.05) is 32.0 Å². The Bertz CT molecular complexity index is 723. The van der Waals surface area contributed by atoms with Crippen LogP contribution in [-0.2, 0) is 11.2 Å². The maximum absolute atomic E-state index is 11.5. The van der Waals surface area contributed by atoms with Crippen LogP contribution in [0.15, 0.2) is 30.3 Å². The Labute approximate surface area is 123 Å². The van der Waals surface area contributed by atoms with Crippen LogP contribution in [0.5, 0.6) is 11.5 Å². The van der Waals surface area contributed by atoms with Crippen LogP contribution in [0.2, 0.25) is 0 Å². The van der Waals surface area contributed by atoms with E-state index >= 15 is 0 Å². The number of rotatable bonds is 2. The number of fused-ring (bicyclic) bond motifs is 1. The molecule has 1 aliphatic heterocycles. The zero-order valence-corrected chi connectivity index (χ0v) is 12.2. The van der Waals surface area contributed by atoms with Gasteiger partial charge in [-0.05, 0) is 43.5 Å². The van der Waals surface area contributed by atoms with Crippen molar-refractivity contribution < 1.29 is 9.53 Å². The quantitative estimate of drug-likeness (QED) is 0.828. The van der Waals surface area contributed by atoms with Gasteiger partial charge in [0.05, 0.1) is 5.69 Å². The molecule has 0 spiro atoms. The molecule has 1 heterocycles. The van der Waals surface area contributed by atoms with Crippen molar-refractivity contribution in [3.63, 3.8) is 0 Å². The zero-order chi connectivity index (χ0) is 15.0. The largest absolute Gasteiger partial charge is 0.455 e. The molecule has 0 saturated heterocycles. The average molecular weight is 282 g/mol. The smallest absolute Gasteiger partial charge is 0.224 e. The predicted octanol–water partition coefficient (Wildman–Crippen LogP) is 3.56. The summed E-state index contributed by atoms with van der Waals surface area (Å²) >= 11 is 0. The Balaban J connectivity index is 1.95. The van der Waals surface area contributed by atoms with E-state index in [-0.39, 0.29) is 5.91 Å². The molecular weight excluding hydrogens is 264 g/mol. The second-order valence-electron chi connectivity index (χ2n) is 5.47. The molecule has 2 aromatic rings. The van der Waals surface area contributed by atoms with Gasteiger partial charge in [0.2, 0.25) is 5.91 Å². The number of benzene rings is 2. The lowest BCUT2D eigenvalue weighted by atomic mass is 10.0. The first-order valence-electron chi connectivity index (χ1n) is 7.00. The average Bonchev–Trinajstić information content (AvgIpc) is 2.43. The summed E-state index contributed by atoms with van der Waals surface area (Å²) in [6.45, 7) is 4.04. The monoisotopic (exact) mass is 282 g/mol. The number of hydrogen-bond donors (Lipinski definition) is 2. The maximum atomic E-state index is 11.5. The fourth-order valence-electron chi connectivity index (χ4n) is 2.55. The van der Waals surface area contributed by atoms with Gasteiger partial charge in [-0.3, -0.25) is 4.79 Å².